The number of amides is 1. The fraction of sp³-hybridized carbons (Fsp3) is 0.200. The molecule has 0 saturated carbocycles. The summed E-state index contributed by atoms with van der Waals surface area (Å²) in [5.74, 6) is -0.294. The van der Waals surface area contributed by atoms with Gasteiger partial charge in [0.2, 0.25) is 0 Å². The Labute approximate surface area is 67.7 Å². The molecular formula is C5H5NO2S2. The highest BCUT2D eigenvalue weighted by molar-refractivity contribution is 8.26. The molecule has 0 spiro atoms. The van der Waals surface area contributed by atoms with Crippen molar-refractivity contribution in [2.24, 2.45) is 0 Å². The molecular weight excluding hydrogens is 170 g/mol. The van der Waals surface area contributed by atoms with Crippen molar-refractivity contribution in [3.05, 3.63) is 11.5 Å². The first-order valence-corrected chi connectivity index (χ1v) is 3.72. The summed E-state index contributed by atoms with van der Waals surface area (Å²) in [6.07, 6.45) is 0. The van der Waals surface area contributed by atoms with Gasteiger partial charge in [-0.25, -0.2) is 0 Å². The van der Waals surface area contributed by atoms with E-state index in [-0.39, 0.29) is 12.6 Å². The molecule has 1 N–H and O–H groups in total. The predicted octanol–water partition coefficient (Wildman–Crippen LogP) is 0.310. The van der Waals surface area contributed by atoms with Gasteiger partial charge in [-0.1, -0.05) is 30.6 Å². The van der Waals surface area contributed by atoms with Gasteiger partial charge in [-0.2, -0.15) is 0 Å². The van der Waals surface area contributed by atoms with E-state index in [1.165, 1.54) is 0 Å². The molecule has 1 saturated heterocycles. The highest BCUT2D eigenvalue weighted by Crippen LogP contribution is 2.28. The topological polar surface area (TPSA) is 40.5 Å². The lowest BCUT2D eigenvalue weighted by Gasteiger charge is -2.08. The summed E-state index contributed by atoms with van der Waals surface area (Å²) >= 11 is 5.86. The molecule has 1 rings (SSSR count). The Morgan fingerprint density at radius 2 is 2.40 bits per heavy atom. The Balaban J connectivity index is 2.84. The third-order valence-corrected chi connectivity index (χ3v) is 2.34. The molecule has 1 aliphatic heterocycles. The van der Waals surface area contributed by atoms with Crippen LogP contribution in [0, 0.1) is 0 Å². The molecule has 0 aromatic carbocycles. The van der Waals surface area contributed by atoms with Gasteiger partial charge in [0.05, 0.1) is 4.91 Å². The van der Waals surface area contributed by atoms with Crippen molar-refractivity contribution in [2.45, 2.75) is 0 Å². The van der Waals surface area contributed by atoms with E-state index in [2.05, 4.69) is 6.58 Å². The second-order valence-electron chi connectivity index (χ2n) is 1.67. The van der Waals surface area contributed by atoms with Crippen LogP contribution in [-0.4, -0.2) is 27.0 Å². The van der Waals surface area contributed by atoms with E-state index in [1.807, 2.05) is 0 Å². The number of carbonyl (C=O) groups is 1. The number of thioether (sulfide) groups is 1. The molecule has 0 aromatic rings. The molecule has 1 aliphatic rings. The van der Waals surface area contributed by atoms with Crippen molar-refractivity contribution in [3.8, 4) is 0 Å². The third kappa shape index (κ3) is 1.07. The van der Waals surface area contributed by atoms with Crippen LogP contribution in [0.5, 0.6) is 0 Å². The van der Waals surface area contributed by atoms with Crippen LogP contribution in [0.3, 0.4) is 0 Å². The van der Waals surface area contributed by atoms with Gasteiger partial charge in [-0.3, -0.25) is 9.69 Å². The van der Waals surface area contributed by atoms with Crippen molar-refractivity contribution in [1.82, 2.24) is 4.90 Å². The first-order valence-electron chi connectivity index (χ1n) is 2.50. The van der Waals surface area contributed by atoms with Crippen molar-refractivity contribution in [3.63, 3.8) is 0 Å². The second-order valence-corrected chi connectivity index (χ2v) is 3.39. The van der Waals surface area contributed by atoms with Crippen LogP contribution in [0.25, 0.3) is 0 Å². The number of thiocarbonyl (C=S) groups is 1. The highest BCUT2D eigenvalue weighted by atomic mass is 32.2. The Kier molecular flexibility index (Phi) is 2.08. The number of aliphatic hydroxyl groups is 1. The minimum Gasteiger partial charge on any atom is -0.376 e. The maximum absolute atomic E-state index is 10.9. The number of hydrogen-bond donors (Lipinski definition) is 1. The number of rotatable bonds is 1. The zero-order chi connectivity index (χ0) is 7.72. The maximum Gasteiger partial charge on any atom is 0.267 e. The maximum atomic E-state index is 10.9. The van der Waals surface area contributed by atoms with Gasteiger partial charge in [0, 0.05) is 0 Å². The molecule has 3 nitrogen and oxygen atoms in total. The molecule has 0 aromatic heterocycles. The summed E-state index contributed by atoms with van der Waals surface area (Å²) in [5.41, 5.74) is 0. The van der Waals surface area contributed by atoms with Crippen LogP contribution >= 0.6 is 24.0 Å². The van der Waals surface area contributed by atoms with Crippen LogP contribution in [0.2, 0.25) is 0 Å². The smallest absolute Gasteiger partial charge is 0.267 e. The van der Waals surface area contributed by atoms with Crippen LogP contribution in [0.15, 0.2) is 11.5 Å². The molecule has 1 heterocycles. The summed E-state index contributed by atoms with van der Waals surface area (Å²) < 4.78 is 0.373. The number of nitrogens with zero attached hydrogens (tertiary/aromatic N) is 1. The van der Waals surface area contributed by atoms with Crippen molar-refractivity contribution >= 4 is 34.2 Å². The fourth-order valence-electron chi connectivity index (χ4n) is 0.560. The zero-order valence-corrected chi connectivity index (χ0v) is 6.67. The number of hydrogen-bond acceptors (Lipinski definition) is 4. The van der Waals surface area contributed by atoms with Gasteiger partial charge in [0.15, 0.2) is 0 Å². The average Bonchev–Trinajstić information content (AvgIpc) is 2.09. The van der Waals surface area contributed by atoms with E-state index < -0.39 is 0 Å². The Morgan fingerprint density at radius 1 is 1.80 bits per heavy atom. The van der Waals surface area contributed by atoms with E-state index in [0.717, 1.165) is 16.7 Å². The van der Waals surface area contributed by atoms with E-state index in [0.29, 0.717) is 9.23 Å². The Hall–Kier alpha value is -0.390. The monoisotopic (exact) mass is 175 g/mol. The molecule has 0 radical (unpaired) electrons. The van der Waals surface area contributed by atoms with Crippen molar-refractivity contribution in [1.29, 1.82) is 0 Å². The average molecular weight is 175 g/mol. The van der Waals surface area contributed by atoms with Crippen LogP contribution in [0.1, 0.15) is 0 Å². The van der Waals surface area contributed by atoms with Crippen molar-refractivity contribution in [2.75, 3.05) is 6.73 Å². The summed E-state index contributed by atoms with van der Waals surface area (Å²) in [6.45, 7) is 3.10. The Morgan fingerprint density at radius 3 is 2.60 bits per heavy atom. The quantitative estimate of drug-likeness (QED) is 0.460. The lowest BCUT2D eigenvalue weighted by molar-refractivity contribution is -0.124. The minimum atomic E-state index is -0.357. The van der Waals surface area contributed by atoms with E-state index in [1.54, 1.807) is 0 Å². The molecule has 5 heteroatoms. The van der Waals surface area contributed by atoms with Gasteiger partial charge in [-0.05, 0) is 0 Å². The van der Waals surface area contributed by atoms with Crippen LogP contribution < -0.4 is 0 Å². The van der Waals surface area contributed by atoms with Gasteiger partial charge >= 0.3 is 0 Å². The normalized spacial score (nSPS) is 18.9. The van der Waals surface area contributed by atoms with Gasteiger partial charge in [0.25, 0.3) is 5.91 Å². The van der Waals surface area contributed by atoms with Crippen molar-refractivity contribution < 1.29 is 9.90 Å². The third-order valence-electron chi connectivity index (χ3n) is 1.06. The first-order chi connectivity index (χ1) is 4.66. The largest absolute Gasteiger partial charge is 0.376 e. The Bertz CT molecular complexity index is 214. The van der Waals surface area contributed by atoms with Crippen LogP contribution in [-0.2, 0) is 4.79 Å². The summed E-state index contributed by atoms with van der Waals surface area (Å²) in [4.78, 5) is 12.4. The summed E-state index contributed by atoms with van der Waals surface area (Å²) in [6, 6.07) is 0. The summed E-state index contributed by atoms with van der Waals surface area (Å²) in [5, 5.41) is 8.59. The van der Waals surface area contributed by atoms with Gasteiger partial charge in [0.1, 0.15) is 11.1 Å². The molecule has 0 unspecified atom stereocenters. The molecule has 54 valence electrons. The molecule has 0 aliphatic carbocycles. The zero-order valence-electron chi connectivity index (χ0n) is 5.03. The predicted molar refractivity (Wildman–Crippen MR) is 43.3 cm³/mol. The van der Waals surface area contributed by atoms with E-state index >= 15 is 0 Å². The lowest BCUT2D eigenvalue weighted by atomic mass is 10.5. The van der Waals surface area contributed by atoms with Crippen LogP contribution in [0.4, 0.5) is 0 Å². The lowest BCUT2D eigenvalue weighted by Crippen LogP contribution is -2.28. The minimum absolute atomic E-state index is 0.294. The fourth-order valence-corrected chi connectivity index (χ4v) is 1.66. The van der Waals surface area contributed by atoms with Gasteiger partial charge < -0.3 is 5.11 Å². The number of aliphatic hydroxyl groups excluding tert-OH is 1. The SMILES string of the molecule is C=C1SC(=S)N(CO)C1=O. The summed E-state index contributed by atoms with van der Waals surface area (Å²) in [7, 11) is 0. The highest BCUT2D eigenvalue weighted by Gasteiger charge is 2.29. The van der Waals surface area contributed by atoms with E-state index in [9.17, 15) is 4.79 Å². The molecule has 0 bridgehead atoms. The molecule has 0 atom stereocenters. The molecule has 1 amide bonds. The molecule has 1 fully saturated rings. The standard InChI is InChI=1S/C5H5NO2S2/c1-3-4(8)6(2-7)5(9)10-3/h7H,1-2H2. The first kappa shape index (κ1) is 7.71. The molecule has 10 heavy (non-hydrogen) atoms. The second kappa shape index (κ2) is 2.69. The van der Waals surface area contributed by atoms with Gasteiger partial charge in [-0.15, -0.1) is 0 Å². The van der Waals surface area contributed by atoms with E-state index in [4.69, 9.17) is 17.3 Å². The number of carbonyl (C=O) groups excluding carboxylic acids is 1.